The molecule has 25 heavy (non-hydrogen) atoms. The average molecular weight is 401 g/mol. The summed E-state index contributed by atoms with van der Waals surface area (Å²) >= 11 is 0. The third-order valence-corrected chi connectivity index (χ3v) is 5.70. The molecule has 0 amide bonds. The second-order valence-electron chi connectivity index (χ2n) is 6.63. The van der Waals surface area contributed by atoms with Crippen LogP contribution >= 0.6 is 0 Å². The van der Waals surface area contributed by atoms with Gasteiger partial charge in [0.2, 0.25) is 0 Å². The Morgan fingerprint density at radius 2 is 1.32 bits per heavy atom. The van der Waals surface area contributed by atoms with Crippen LogP contribution in [0.2, 0.25) is 0 Å². The number of carbonyl (C=O) groups excluding carboxylic acids is 2. The van der Waals surface area contributed by atoms with E-state index in [0.29, 0.717) is 12.8 Å². The summed E-state index contributed by atoms with van der Waals surface area (Å²) in [4.78, 5) is 24.0. The third kappa shape index (κ3) is 8.36. The van der Waals surface area contributed by atoms with Gasteiger partial charge < -0.3 is 14.0 Å². The standard InChI is InChI=1S/C16H26O7S.K/c17-15(22-12-7-3-1-4-8-12)11-14(24(19,20)21)16(18)23-13-9-5-2-6-10-13;/h12-14H,1-11H2,(H,19,20,21);/q;+1/p-1. The van der Waals surface area contributed by atoms with Gasteiger partial charge in [-0.2, -0.15) is 0 Å². The SMILES string of the molecule is O=C(CC(C(=O)OC1CCCCC1)S(=O)(=O)[O-])OC1CCCCC1.[K+]. The molecule has 0 aromatic carbocycles. The molecule has 0 aliphatic heterocycles. The maximum Gasteiger partial charge on any atom is 1.00 e. The summed E-state index contributed by atoms with van der Waals surface area (Å²) in [6, 6.07) is 0. The van der Waals surface area contributed by atoms with Crippen LogP contribution in [0.1, 0.15) is 70.6 Å². The Bertz CT molecular complexity index is 537. The van der Waals surface area contributed by atoms with Crippen LogP contribution in [0, 0.1) is 0 Å². The maximum atomic E-state index is 12.1. The molecule has 2 fully saturated rings. The molecule has 0 aromatic heterocycles. The normalized spacial score (nSPS) is 21.0. The minimum atomic E-state index is -4.98. The molecule has 0 bridgehead atoms. The summed E-state index contributed by atoms with van der Waals surface area (Å²) in [5, 5.41) is -2.02. The van der Waals surface area contributed by atoms with Crippen LogP contribution in [-0.2, 0) is 29.2 Å². The summed E-state index contributed by atoms with van der Waals surface area (Å²) in [5.74, 6) is -1.95. The number of carbonyl (C=O) groups is 2. The van der Waals surface area contributed by atoms with Gasteiger partial charge in [-0.15, -0.1) is 0 Å². The molecule has 2 aliphatic carbocycles. The van der Waals surface area contributed by atoms with Crippen molar-refractivity contribution >= 4 is 22.1 Å². The van der Waals surface area contributed by atoms with Gasteiger partial charge in [-0.3, -0.25) is 9.59 Å². The predicted molar refractivity (Wildman–Crippen MR) is 84.0 cm³/mol. The van der Waals surface area contributed by atoms with Crippen molar-refractivity contribution in [3.63, 3.8) is 0 Å². The van der Waals surface area contributed by atoms with Gasteiger partial charge in [0, 0.05) is 0 Å². The monoisotopic (exact) mass is 400 g/mol. The molecular weight excluding hydrogens is 375 g/mol. The first kappa shape index (κ1) is 23.5. The van der Waals surface area contributed by atoms with E-state index < -0.39 is 33.7 Å². The van der Waals surface area contributed by atoms with E-state index >= 15 is 0 Å². The van der Waals surface area contributed by atoms with Gasteiger partial charge in [-0.25, -0.2) is 8.42 Å². The summed E-state index contributed by atoms with van der Waals surface area (Å²) in [7, 11) is -4.98. The second-order valence-corrected chi connectivity index (χ2v) is 8.19. The minimum Gasteiger partial charge on any atom is -0.747 e. The van der Waals surface area contributed by atoms with Crippen LogP contribution in [0.25, 0.3) is 0 Å². The van der Waals surface area contributed by atoms with E-state index in [2.05, 4.69) is 0 Å². The smallest absolute Gasteiger partial charge is 0.747 e. The number of rotatable bonds is 6. The average Bonchev–Trinajstić information content (AvgIpc) is 2.53. The van der Waals surface area contributed by atoms with E-state index in [-0.39, 0.29) is 63.6 Å². The Balaban J connectivity index is 0.00000312. The molecule has 2 aliphatic rings. The number of esters is 2. The van der Waals surface area contributed by atoms with Crippen molar-refractivity contribution in [1.82, 2.24) is 0 Å². The Morgan fingerprint density at radius 3 is 1.76 bits per heavy atom. The van der Waals surface area contributed by atoms with Crippen molar-refractivity contribution in [2.45, 2.75) is 88.1 Å². The quantitative estimate of drug-likeness (QED) is 0.321. The van der Waals surface area contributed by atoms with Crippen molar-refractivity contribution in [3.8, 4) is 0 Å². The van der Waals surface area contributed by atoms with Crippen molar-refractivity contribution in [3.05, 3.63) is 0 Å². The van der Waals surface area contributed by atoms with Crippen molar-refractivity contribution in [1.29, 1.82) is 0 Å². The van der Waals surface area contributed by atoms with Crippen molar-refractivity contribution in [2.24, 2.45) is 0 Å². The molecule has 0 N–H and O–H groups in total. The molecule has 7 nitrogen and oxygen atoms in total. The third-order valence-electron chi connectivity index (χ3n) is 4.65. The molecule has 0 radical (unpaired) electrons. The molecular formula is C16H25KO7S. The van der Waals surface area contributed by atoms with E-state index in [0.717, 1.165) is 51.4 Å². The molecule has 138 valence electrons. The molecule has 1 atom stereocenters. The fourth-order valence-corrected chi connectivity index (χ4v) is 3.93. The van der Waals surface area contributed by atoms with E-state index in [4.69, 9.17) is 9.47 Å². The molecule has 0 spiro atoms. The summed E-state index contributed by atoms with van der Waals surface area (Å²) < 4.78 is 44.5. The molecule has 0 saturated heterocycles. The van der Waals surface area contributed by atoms with E-state index in [1.807, 2.05) is 0 Å². The molecule has 0 aromatic rings. The Labute approximate surface area is 191 Å². The number of hydrogen-bond acceptors (Lipinski definition) is 7. The largest absolute Gasteiger partial charge is 1.00 e. The summed E-state index contributed by atoms with van der Waals surface area (Å²) in [6.45, 7) is 0. The number of ether oxygens (including phenoxy) is 2. The Hall–Kier alpha value is 0.486. The van der Waals surface area contributed by atoms with Gasteiger partial charge in [-0.1, -0.05) is 12.8 Å². The van der Waals surface area contributed by atoms with Gasteiger partial charge >= 0.3 is 63.3 Å². The fraction of sp³-hybridized carbons (Fsp3) is 0.875. The first-order valence-electron chi connectivity index (χ1n) is 8.71. The van der Waals surface area contributed by atoms with Crippen LogP contribution in [0.3, 0.4) is 0 Å². The van der Waals surface area contributed by atoms with Gasteiger partial charge in [-0.05, 0) is 51.4 Å². The van der Waals surface area contributed by atoms with Crippen LogP contribution < -0.4 is 51.4 Å². The predicted octanol–water partition coefficient (Wildman–Crippen LogP) is -0.954. The van der Waals surface area contributed by atoms with Gasteiger partial charge in [0.05, 0.1) is 6.42 Å². The van der Waals surface area contributed by atoms with E-state index in [1.165, 1.54) is 0 Å². The van der Waals surface area contributed by atoms with Gasteiger partial charge in [0.1, 0.15) is 22.3 Å². The topological polar surface area (TPSA) is 110 Å². The summed E-state index contributed by atoms with van der Waals surface area (Å²) in [6.07, 6.45) is 7.20. The first-order chi connectivity index (χ1) is 11.4. The zero-order valence-electron chi connectivity index (χ0n) is 14.8. The van der Waals surface area contributed by atoms with Crippen molar-refractivity contribution < 1.29 is 83.4 Å². The maximum absolute atomic E-state index is 12.1. The van der Waals surface area contributed by atoms with E-state index in [9.17, 15) is 22.6 Å². The molecule has 2 saturated carbocycles. The first-order valence-corrected chi connectivity index (χ1v) is 10.2. The zero-order chi connectivity index (χ0) is 17.6. The second kappa shape index (κ2) is 11.4. The fourth-order valence-electron chi connectivity index (χ4n) is 3.29. The van der Waals surface area contributed by atoms with Crippen molar-refractivity contribution in [2.75, 3.05) is 0 Å². The molecule has 2 rings (SSSR count). The molecule has 9 heteroatoms. The summed E-state index contributed by atoms with van der Waals surface area (Å²) in [5.41, 5.74) is 0. The Morgan fingerprint density at radius 1 is 0.880 bits per heavy atom. The van der Waals surface area contributed by atoms with Gasteiger partial charge in [0.25, 0.3) is 0 Å². The zero-order valence-corrected chi connectivity index (χ0v) is 18.7. The van der Waals surface area contributed by atoms with Crippen LogP contribution in [0.4, 0.5) is 0 Å². The van der Waals surface area contributed by atoms with Crippen LogP contribution in [-0.4, -0.2) is 42.4 Å². The van der Waals surface area contributed by atoms with Crippen LogP contribution in [0.15, 0.2) is 0 Å². The molecule has 1 unspecified atom stereocenters. The van der Waals surface area contributed by atoms with Gasteiger partial charge in [0.15, 0.2) is 5.25 Å². The minimum absolute atomic E-state index is 0. The van der Waals surface area contributed by atoms with E-state index in [1.54, 1.807) is 0 Å². The Kier molecular flexibility index (Phi) is 10.7. The van der Waals surface area contributed by atoms with Crippen LogP contribution in [0.5, 0.6) is 0 Å². The number of hydrogen-bond donors (Lipinski definition) is 0. The molecule has 0 heterocycles.